The maximum atomic E-state index is 4.20. The summed E-state index contributed by atoms with van der Waals surface area (Å²) in [5.74, 6) is 1.35. The molecule has 1 saturated heterocycles. The quantitative estimate of drug-likeness (QED) is 0.796. The molecule has 0 unspecified atom stereocenters. The van der Waals surface area contributed by atoms with Crippen LogP contribution in [0.5, 0.6) is 0 Å². The van der Waals surface area contributed by atoms with Crippen LogP contribution < -0.4 is 5.32 Å². The molecule has 1 aliphatic rings. The minimum absolute atomic E-state index is 0.648. The fraction of sp³-hybridized carbons (Fsp3) is 0.750. The van der Waals surface area contributed by atoms with Gasteiger partial charge in [0.2, 0.25) is 0 Å². The number of aromatic nitrogens is 2. The van der Waals surface area contributed by atoms with Gasteiger partial charge in [0.05, 0.1) is 6.20 Å². The van der Waals surface area contributed by atoms with E-state index in [1.807, 2.05) is 6.20 Å². The standard InChI is InChI=1S/C12H21N3/c1-9(2)6-11-8-14-15-12(11)10-4-3-5-13-7-10/h8-10,13H,3-7H2,1-2H3,(H,14,15)/t10-/m1/s1. The van der Waals surface area contributed by atoms with E-state index in [0.29, 0.717) is 11.8 Å². The summed E-state index contributed by atoms with van der Waals surface area (Å²) in [6.07, 6.45) is 5.72. The van der Waals surface area contributed by atoms with Gasteiger partial charge in [-0.05, 0) is 37.3 Å². The lowest BCUT2D eigenvalue weighted by molar-refractivity contribution is 0.450. The van der Waals surface area contributed by atoms with E-state index in [1.54, 1.807) is 0 Å². The van der Waals surface area contributed by atoms with Gasteiger partial charge in [-0.2, -0.15) is 5.10 Å². The number of piperidine rings is 1. The van der Waals surface area contributed by atoms with Crippen LogP contribution in [0.4, 0.5) is 0 Å². The van der Waals surface area contributed by atoms with E-state index in [0.717, 1.165) is 13.0 Å². The average molecular weight is 207 g/mol. The first-order valence-corrected chi connectivity index (χ1v) is 6.00. The molecule has 3 heteroatoms. The molecule has 1 fully saturated rings. The number of hydrogen-bond acceptors (Lipinski definition) is 2. The van der Waals surface area contributed by atoms with Crippen molar-refractivity contribution < 1.29 is 0 Å². The zero-order chi connectivity index (χ0) is 10.7. The summed E-state index contributed by atoms with van der Waals surface area (Å²) < 4.78 is 0. The van der Waals surface area contributed by atoms with Gasteiger partial charge in [0.25, 0.3) is 0 Å². The van der Waals surface area contributed by atoms with E-state index in [4.69, 9.17) is 0 Å². The Labute approximate surface area is 91.7 Å². The molecule has 1 aliphatic heterocycles. The Morgan fingerprint density at radius 3 is 3.07 bits per heavy atom. The summed E-state index contributed by atoms with van der Waals surface area (Å²) in [6, 6.07) is 0. The maximum Gasteiger partial charge on any atom is 0.0522 e. The van der Waals surface area contributed by atoms with E-state index in [1.165, 1.54) is 30.6 Å². The summed E-state index contributed by atoms with van der Waals surface area (Å²) in [5.41, 5.74) is 2.79. The second kappa shape index (κ2) is 4.79. The third-order valence-corrected chi connectivity index (χ3v) is 3.08. The molecular weight excluding hydrogens is 186 g/mol. The van der Waals surface area contributed by atoms with Crippen molar-refractivity contribution in [2.24, 2.45) is 5.92 Å². The molecule has 1 aromatic rings. The first kappa shape index (κ1) is 10.7. The first-order chi connectivity index (χ1) is 7.27. The number of hydrogen-bond donors (Lipinski definition) is 2. The smallest absolute Gasteiger partial charge is 0.0522 e. The molecule has 0 aliphatic carbocycles. The zero-order valence-electron chi connectivity index (χ0n) is 9.71. The van der Waals surface area contributed by atoms with Crippen molar-refractivity contribution in [2.75, 3.05) is 13.1 Å². The largest absolute Gasteiger partial charge is 0.316 e. The number of nitrogens with one attached hydrogen (secondary N) is 2. The molecule has 0 amide bonds. The molecule has 84 valence electrons. The third-order valence-electron chi connectivity index (χ3n) is 3.08. The summed E-state index contributed by atoms with van der Waals surface area (Å²) in [5, 5.41) is 10.8. The van der Waals surface area contributed by atoms with Crippen LogP contribution in [-0.4, -0.2) is 23.3 Å². The molecule has 0 aromatic carbocycles. The van der Waals surface area contributed by atoms with Crippen molar-refractivity contribution in [1.82, 2.24) is 15.5 Å². The number of rotatable bonds is 3. The summed E-state index contributed by atoms with van der Waals surface area (Å²) in [6.45, 7) is 6.79. The van der Waals surface area contributed by atoms with Gasteiger partial charge in [-0.1, -0.05) is 13.8 Å². The highest BCUT2D eigenvalue weighted by Crippen LogP contribution is 2.25. The molecule has 0 bridgehead atoms. The SMILES string of the molecule is CC(C)Cc1cn[nH]c1[C@@H]1CCCNC1. The van der Waals surface area contributed by atoms with Crippen LogP contribution in [0.2, 0.25) is 0 Å². The molecule has 1 aromatic heterocycles. The lowest BCUT2D eigenvalue weighted by atomic mass is 9.91. The molecule has 15 heavy (non-hydrogen) atoms. The Kier molecular flexibility index (Phi) is 3.41. The first-order valence-electron chi connectivity index (χ1n) is 6.00. The monoisotopic (exact) mass is 207 g/mol. The van der Waals surface area contributed by atoms with Crippen molar-refractivity contribution in [3.8, 4) is 0 Å². The molecule has 0 spiro atoms. The van der Waals surface area contributed by atoms with Gasteiger partial charge in [0, 0.05) is 18.2 Å². The van der Waals surface area contributed by atoms with Crippen LogP contribution in [0.15, 0.2) is 6.20 Å². The highest BCUT2D eigenvalue weighted by Gasteiger charge is 2.19. The third kappa shape index (κ3) is 2.59. The topological polar surface area (TPSA) is 40.7 Å². The molecule has 2 heterocycles. The predicted octanol–water partition coefficient (Wildman–Crippen LogP) is 2.08. The van der Waals surface area contributed by atoms with Crippen LogP contribution in [0.25, 0.3) is 0 Å². The van der Waals surface area contributed by atoms with E-state index in [2.05, 4.69) is 29.4 Å². The number of H-pyrrole nitrogens is 1. The molecule has 2 N–H and O–H groups in total. The Morgan fingerprint density at radius 1 is 1.53 bits per heavy atom. The summed E-state index contributed by atoms with van der Waals surface area (Å²) >= 11 is 0. The van der Waals surface area contributed by atoms with Gasteiger partial charge in [-0.25, -0.2) is 0 Å². The molecule has 3 nitrogen and oxygen atoms in total. The minimum atomic E-state index is 0.648. The molecule has 0 radical (unpaired) electrons. The van der Waals surface area contributed by atoms with Crippen LogP contribution in [0, 0.1) is 5.92 Å². The van der Waals surface area contributed by atoms with Crippen molar-refractivity contribution in [1.29, 1.82) is 0 Å². The second-order valence-corrected chi connectivity index (χ2v) is 4.95. The molecule has 0 saturated carbocycles. The van der Waals surface area contributed by atoms with Crippen LogP contribution in [0.3, 0.4) is 0 Å². The fourth-order valence-corrected chi connectivity index (χ4v) is 2.38. The second-order valence-electron chi connectivity index (χ2n) is 4.95. The van der Waals surface area contributed by atoms with Gasteiger partial charge >= 0.3 is 0 Å². The summed E-state index contributed by atoms with van der Waals surface area (Å²) in [7, 11) is 0. The molecular formula is C12H21N3. The lowest BCUT2D eigenvalue weighted by Crippen LogP contribution is -2.29. The molecule has 2 rings (SSSR count). The van der Waals surface area contributed by atoms with Crippen LogP contribution >= 0.6 is 0 Å². The average Bonchev–Trinajstić information content (AvgIpc) is 2.66. The van der Waals surface area contributed by atoms with E-state index in [9.17, 15) is 0 Å². The van der Waals surface area contributed by atoms with Crippen LogP contribution in [-0.2, 0) is 6.42 Å². The Balaban J connectivity index is 2.09. The van der Waals surface area contributed by atoms with Crippen molar-refractivity contribution in [3.05, 3.63) is 17.5 Å². The van der Waals surface area contributed by atoms with Gasteiger partial charge in [-0.3, -0.25) is 5.10 Å². The van der Waals surface area contributed by atoms with Gasteiger partial charge in [-0.15, -0.1) is 0 Å². The fourth-order valence-electron chi connectivity index (χ4n) is 2.38. The molecule has 1 atom stereocenters. The van der Waals surface area contributed by atoms with Gasteiger partial charge in [0.15, 0.2) is 0 Å². The highest BCUT2D eigenvalue weighted by molar-refractivity contribution is 5.21. The van der Waals surface area contributed by atoms with Crippen molar-refractivity contribution in [3.63, 3.8) is 0 Å². The normalized spacial score (nSPS) is 22.2. The van der Waals surface area contributed by atoms with E-state index in [-0.39, 0.29) is 0 Å². The van der Waals surface area contributed by atoms with Crippen LogP contribution in [0.1, 0.15) is 43.9 Å². The van der Waals surface area contributed by atoms with Crippen molar-refractivity contribution >= 4 is 0 Å². The van der Waals surface area contributed by atoms with E-state index < -0.39 is 0 Å². The maximum absolute atomic E-state index is 4.20. The minimum Gasteiger partial charge on any atom is -0.316 e. The van der Waals surface area contributed by atoms with Gasteiger partial charge in [0.1, 0.15) is 0 Å². The number of aromatic amines is 1. The number of nitrogens with zero attached hydrogens (tertiary/aromatic N) is 1. The summed E-state index contributed by atoms with van der Waals surface area (Å²) in [4.78, 5) is 0. The Morgan fingerprint density at radius 2 is 2.40 bits per heavy atom. The van der Waals surface area contributed by atoms with E-state index >= 15 is 0 Å². The Bertz CT molecular complexity index is 298. The van der Waals surface area contributed by atoms with Crippen molar-refractivity contribution in [2.45, 2.75) is 39.0 Å². The lowest BCUT2D eigenvalue weighted by Gasteiger charge is -2.23. The Hall–Kier alpha value is -0.830. The predicted molar refractivity (Wildman–Crippen MR) is 62.0 cm³/mol. The highest BCUT2D eigenvalue weighted by atomic mass is 15.1. The van der Waals surface area contributed by atoms with Gasteiger partial charge < -0.3 is 5.32 Å². The zero-order valence-corrected chi connectivity index (χ0v) is 9.71.